The Labute approximate surface area is 116 Å². The minimum absolute atomic E-state index is 0.423. The predicted octanol–water partition coefficient (Wildman–Crippen LogP) is 3.80. The van der Waals surface area contributed by atoms with Gasteiger partial charge in [0.25, 0.3) is 0 Å². The van der Waals surface area contributed by atoms with E-state index < -0.39 is 0 Å². The van der Waals surface area contributed by atoms with Crippen LogP contribution in [0.2, 0.25) is 0 Å². The largest absolute Gasteiger partial charge is 0.330 e. The zero-order valence-electron chi connectivity index (χ0n) is 13.8. The van der Waals surface area contributed by atoms with Gasteiger partial charge in [-0.05, 0) is 31.7 Å². The van der Waals surface area contributed by atoms with Crippen molar-refractivity contribution in [3.05, 3.63) is 0 Å². The van der Waals surface area contributed by atoms with Crippen molar-refractivity contribution in [2.24, 2.45) is 11.1 Å². The number of rotatable bonds is 9. The highest BCUT2D eigenvalue weighted by molar-refractivity contribution is 4.67. The Balaban J connectivity index is 4.51. The molecule has 0 saturated carbocycles. The van der Waals surface area contributed by atoms with E-state index in [9.17, 15) is 0 Å². The van der Waals surface area contributed by atoms with Crippen LogP contribution in [0.5, 0.6) is 0 Å². The lowest BCUT2D eigenvalue weighted by atomic mass is 9.87. The number of quaternary nitrogens is 1. The van der Waals surface area contributed by atoms with Crippen LogP contribution >= 0.6 is 0 Å². The van der Waals surface area contributed by atoms with Crippen LogP contribution in [0.15, 0.2) is 0 Å². The highest BCUT2D eigenvalue weighted by atomic mass is 15.3. The Bertz CT molecular complexity index is 208. The molecule has 2 unspecified atom stereocenters. The fourth-order valence-electron chi connectivity index (χ4n) is 2.83. The number of hydrogen-bond acceptors (Lipinski definition) is 1. The van der Waals surface area contributed by atoms with Crippen molar-refractivity contribution in [1.82, 2.24) is 0 Å². The third-order valence-electron chi connectivity index (χ3n) is 4.12. The summed E-state index contributed by atoms with van der Waals surface area (Å²) < 4.78 is 1.20. The average Bonchev–Trinajstić information content (AvgIpc) is 2.24. The van der Waals surface area contributed by atoms with Gasteiger partial charge in [-0.25, -0.2) is 0 Å². The first-order valence-electron chi connectivity index (χ1n) is 7.79. The van der Waals surface area contributed by atoms with Gasteiger partial charge in [0, 0.05) is 12.8 Å². The summed E-state index contributed by atoms with van der Waals surface area (Å²) in [5, 5.41) is 0. The molecule has 0 heterocycles. The summed E-state index contributed by atoms with van der Waals surface area (Å²) >= 11 is 0. The minimum Gasteiger partial charge on any atom is -0.330 e. The lowest BCUT2D eigenvalue weighted by Crippen LogP contribution is -2.53. The van der Waals surface area contributed by atoms with Crippen LogP contribution in [0.3, 0.4) is 0 Å². The zero-order chi connectivity index (χ0) is 14.2. The van der Waals surface area contributed by atoms with Crippen molar-refractivity contribution in [3.8, 4) is 0 Å². The average molecular weight is 257 g/mol. The maximum Gasteiger partial charge on any atom is 0.0864 e. The first kappa shape index (κ1) is 17.9. The Morgan fingerprint density at radius 2 is 1.61 bits per heavy atom. The maximum absolute atomic E-state index is 5.71. The van der Waals surface area contributed by atoms with Crippen molar-refractivity contribution in [3.63, 3.8) is 0 Å². The number of nitrogens with two attached hydrogens (primary N) is 1. The normalized spacial score (nSPS) is 17.5. The molecular weight excluding hydrogens is 220 g/mol. The van der Waals surface area contributed by atoms with Crippen molar-refractivity contribution in [2.75, 3.05) is 26.7 Å². The van der Waals surface area contributed by atoms with E-state index in [0.717, 1.165) is 19.0 Å². The van der Waals surface area contributed by atoms with Gasteiger partial charge in [0.15, 0.2) is 0 Å². The molecule has 0 radical (unpaired) electrons. The van der Waals surface area contributed by atoms with Gasteiger partial charge in [-0.15, -0.1) is 0 Å². The molecule has 2 heteroatoms. The van der Waals surface area contributed by atoms with Gasteiger partial charge in [-0.1, -0.05) is 34.1 Å². The van der Waals surface area contributed by atoms with Crippen molar-refractivity contribution >= 4 is 0 Å². The first-order valence-corrected chi connectivity index (χ1v) is 7.79. The molecule has 2 nitrogen and oxygen atoms in total. The van der Waals surface area contributed by atoms with E-state index in [0.29, 0.717) is 5.41 Å². The number of unbranched alkanes of at least 4 members (excludes halogenated alkanes) is 2. The third-order valence-corrected chi connectivity index (χ3v) is 4.12. The van der Waals surface area contributed by atoms with E-state index in [2.05, 4.69) is 41.7 Å². The summed E-state index contributed by atoms with van der Waals surface area (Å²) in [4.78, 5) is 0. The quantitative estimate of drug-likeness (QED) is 0.493. The molecule has 0 aromatic rings. The second-order valence-electron chi connectivity index (χ2n) is 7.39. The molecule has 0 aliphatic heterocycles. The molecule has 0 aliphatic carbocycles. The molecular formula is C16H37N2+. The molecule has 0 amide bonds. The topological polar surface area (TPSA) is 26.0 Å². The van der Waals surface area contributed by atoms with Crippen molar-refractivity contribution in [2.45, 2.75) is 72.8 Å². The monoisotopic (exact) mass is 257 g/mol. The van der Waals surface area contributed by atoms with Gasteiger partial charge in [0.05, 0.1) is 26.2 Å². The van der Waals surface area contributed by atoms with E-state index >= 15 is 0 Å². The molecule has 18 heavy (non-hydrogen) atoms. The smallest absolute Gasteiger partial charge is 0.0864 e. The van der Waals surface area contributed by atoms with Crippen molar-refractivity contribution in [1.29, 1.82) is 0 Å². The minimum atomic E-state index is 0.423. The zero-order valence-corrected chi connectivity index (χ0v) is 13.8. The molecule has 0 aromatic heterocycles. The first-order chi connectivity index (χ1) is 8.25. The molecule has 0 bridgehead atoms. The van der Waals surface area contributed by atoms with Crippen LogP contribution in [0.25, 0.3) is 0 Å². The Hall–Kier alpha value is -0.0800. The Kier molecular flexibility index (Phi) is 8.13. The van der Waals surface area contributed by atoms with Crippen LogP contribution in [-0.2, 0) is 0 Å². The van der Waals surface area contributed by atoms with Crippen LogP contribution < -0.4 is 5.73 Å². The fourth-order valence-corrected chi connectivity index (χ4v) is 2.83. The molecule has 110 valence electrons. The number of hydrogen-bond donors (Lipinski definition) is 1. The van der Waals surface area contributed by atoms with E-state index in [1.807, 2.05) is 0 Å². The van der Waals surface area contributed by atoms with Crippen LogP contribution in [0.4, 0.5) is 0 Å². The summed E-state index contributed by atoms with van der Waals surface area (Å²) in [7, 11) is 2.43. The van der Waals surface area contributed by atoms with Gasteiger partial charge in [0.1, 0.15) is 0 Å². The lowest BCUT2D eigenvalue weighted by Gasteiger charge is -2.42. The van der Waals surface area contributed by atoms with Gasteiger partial charge < -0.3 is 10.2 Å². The molecule has 0 aromatic carbocycles. The molecule has 0 rings (SSSR count). The summed E-state index contributed by atoms with van der Waals surface area (Å²) in [6, 6.07) is 0.730. The van der Waals surface area contributed by atoms with E-state index in [4.69, 9.17) is 5.73 Å². The lowest BCUT2D eigenvalue weighted by molar-refractivity contribution is -0.933. The summed E-state index contributed by atoms with van der Waals surface area (Å²) in [5.74, 6) is 0. The molecule has 0 fully saturated rings. The molecule has 0 spiro atoms. The molecule has 0 saturated heterocycles. The van der Waals surface area contributed by atoms with Crippen LogP contribution in [0, 0.1) is 5.41 Å². The maximum atomic E-state index is 5.71. The van der Waals surface area contributed by atoms with Crippen LogP contribution in [0.1, 0.15) is 66.7 Å². The standard InChI is InChI=1S/C16H37N2/c1-7-8-9-12-18(6,13-10-11-17)15(2)14-16(3,4)5/h15H,7-14,17H2,1-6H3/q+1. The summed E-state index contributed by atoms with van der Waals surface area (Å²) in [6.07, 6.45) is 6.46. The van der Waals surface area contributed by atoms with E-state index in [1.165, 1.54) is 43.3 Å². The van der Waals surface area contributed by atoms with E-state index in [-0.39, 0.29) is 0 Å². The molecule has 0 aliphatic rings. The van der Waals surface area contributed by atoms with Gasteiger partial charge >= 0.3 is 0 Å². The van der Waals surface area contributed by atoms with Gasteiger partial charge in [0.2, 0.25) is 0 Å². The highest BCUT2D eigenvalue weighted by Crippen LogP contribution is 2.27. The van der Waals surface area contributed by atoms with Crippen LogP contribution in [-0.4, -0.2) is 37.2 Å². The SMILES string of the molecule is CCCCC[N+](C)(CCCN)C(C)CC(C)(C)C. The van der Waals surface area contributed by atoms with Gasteiger partial charge in [-0.2, -0.15) is 0 Å². The summed E-state index contributed by atoms with van der Waals surface area (Å²) in [5.41, 5.74) is 6.13. The van der Waals surface area contributed by atoms with Gasteiger partial charge in [-0.3, -0.25) is 0 Å². The van der Waals surface area contributed by atoms with E-state index in [1.54, 1.807) is 0 Å². The van der Waals surface area contributed by atoms with Crippen molar-refractivity contribution < 1.29 is 4.48 Å². The highest BCUT2D eigenvalue weighted by Gasteiger charge is 2.31. The third kappa shape index (κ3) is 7.38. The molecule has 2 N–H and O–H groups in total. The number of nitrogens with zero attached hydrogens (tertiary/aromatic N) is 1. The Morgan fingerprint density at radius 1 is 1.06 bits per heavy atom. The second kappa shape index (κ2) is 8.16. The predicted molar refractivity (Wildman–Crippen MR) is 82.6 cm³/mol. The Morgan fingerprint density at radius 3 is 2.06 bits per heavy atom. The summed E-state index contributed by atoms with van der Waals surface area (Å²) in [6.45, 7) is 15.1. The second-order valence-corrected chi connectivity index (χ2v) is 7.39. The fraction of sp³-hybridized carbons (Fsp3) is 1.00. The molecule has 2 atom stereocenters.